The van der Waals surface area contributed by atoms with Gasteiger partial charge < -0.3 is 15.4 Å². The third-order valence-corrected chi connectivity index (χ3v) is 3.87. The van der Waals surface area contributed by atoms with Gasteiger partial charge in [0.05, 0.1) is 12.5 Å². The molecule has 1 saturated carbocycles. The maximum Gasteiger partial charge on any atom is 0.225 e. The molecule has 2 aliphatic rings. The van der Waals surface area contributed by atoms with E-state index in [1.807, 2.05) is 0 Å². The third kappa shape index (κ3) is 3.42. The van der Waals surface area contributed by atoms with Crippen molar-refractivity contribution in [2.75, 3.05) is 19.7 Å². The molecule has 1 aliphatic carbocycles. The lowest BCUT2D eigenvalue weighted by molar-refractivity contribution is -0.137. The first-order chi connectivity index (χ1) is 8.31. The van der Waals surface area contributed by atoms with Crippen LogP contribution in [0.4, 0.5) is 0 Å². The maximum absolute atomic E-state index is 12.2. The number of nitrogens with zero attached hydrogens (tertiary/aromatic N) is 1. The predicted octanol–water partition coefficient (Wildman–Crippen LogP) is 1.29. The van der Waals surface area contributed by atoms with E-state index in [2.05, 4.69) is 4.90 Å². The van der Waals surface area contributed by atoms with Gasteiger partial charge in [-0.25, -0.2) is 0 Å². The van der Waals surface area contributed by atoms with Crippen LogP contribution in [0.3, 0.4) is 0 Å². The molecule has 1 atom stereocenters. The molecule has 2 fully saturated rings. The average molecular weight is 240 g/mol. The Balaban J connectivity index is 1.82. The highest BCUT2D eigenvalue weighted by Gasteiger charge is 2.30. The van der Waals surface area contributed by atoms with Crippen molar-refractivity contribution in [3.8, 4) is 0 Å². The van der Waals surface area contributed by atoms with Gasteiger partial charge in [0.2, 0.25) is 5.91 Å². The van der Waals surface area contributed by atoms with E-state index < -0.39 is 0 Å². The summed E-state index contributed by atoms with van der Waals surface area (Å²) in [6, 6.07) is 0.482. The van der Waals surface area contributed by atoms with E-state index >= 15 is 0 Å². The fourth-order valence-corrected chi connectivity index (χ4v) is 2.59. The van der Waals surface area contributed by atoms with Crippen LogP contribution in [-0.2, 0) is 9.53 Å². The van der Waals surface area contributed by atoms with Crippen molar-refractivity contribution in [3.63, 3.8) is 0 Å². The zero-order valence-corrected chi connectivity index (χ0v) is 10.6. The fraction of sp³-hybridized carbons (Fsp3) is 0.923. The number of hydrogen-bond donors (Lipinski definition) is 1. The number of hydrogen-bond acceptors (Lipinski definition) is 3. The molecular weight excluding hydrogens is 216 g/mol. The summed E-state index contributed by atoms with van der Waals surface area (Å²) in [6.45, 7) is 2.31. The fourth-order valence-electron chi connectivity index (χ4n) is 2.59. The van der Waals surface area contributed by atoms with E-state index in [0.717, 1.165) is 32.4 Å². The van der Waals surface area contributed by atoms with Gasteiger partial charge in [-0.1, -0.05) is 0 Å². The van der Waals surface area contributed by atoms with Crippen molar-refractivity contribution in [1.29, 1.82) is 0 Å². The molecule has 1 aliphatic heterocycles. The second-order valence-corrected chi connectivity index (χ2v) is 5.15. The molecule has 0 aromatic carbocycles. The smallest absolute Gasteiger partial charge is 0.225 e. The molecule has 4 heteroatoms. The van der Waals surface area contributed by atoms with Gasteiger partial charge in [-0.05, 0) is 45.1 Å². The number of nitrogens with two attached hydrogens (primary N) is 1. The third-order valence-electron chi connectivity index (χ3n) is 3.87. The van der Waals surface area contributed by atoms with Crippen LogP contribution in [-0.4, -0.2) is 42.6 Å². The van der Waals surface area contributed by atoms with Crippen LogP contribution >= 0.6 is 0 Å². The molecule has 0 aromatic heterocycles. The molecule has 1 heterocycles. The van der Waals surface area contributed by atoms with Crippen LogP contribution in [0.1, 0.15) is 44.9 Å². The molecule has 1 saturated heterocycles. The summed E-state index contributed by atoms with van der Waals surface area (Å²) >= 11 is 0. The van der Waals surface area contributed by atoms with E-state index in [1.165, 1.54) is 19.3 Å². The molecule has 0 spiro atoms. The van der Waals surface area contributed by atoms with Gasteiger partial charge in [-0.15, -0.1) is 0 Å². The van der Waals surface area contributed by atoms with E-state index in [-0.39, 0.29) is 12.0 Å². The van der Waals surface area contributed by atoms with Crippen LogP contribution in [0.25, 0.3) is 0 Å². The average Bonchev–Trinajstić information content (AvgIpc) is 2.73. The van der Waals surface area contributed by atoms with Crippen LogP contribution < -0.4 is 5.73 Å². The summed E-state index contributed by atoms with van der Waals surface area (Å²) in [5, 5.41) is 0. The Morgan fingerprint density at radius 1 is 1.29 bits per heavy atom. The van der Waals surface area contributed by atoms with E-state index in [0.29, 0.717) is 19.0 Å². The summed E-state index contributed by atoms with van der Waals surface area (Å²) in [7, 11) is 0. The highest BCUT2D eigenvalue weighted by Crippen LogP contribution is 2.26. The Kier molecular flexibility index (Phi) is 4.80. The molecule has 1 unspecified atom stereocenters. The Hall–Kier alpha value is -0.610. The molecule has 0 radical (unpaired) electrons. The summed E-state index contributed by atoms with van der Waals surface area (Å²) in [4.78, 5) is 14.3. The van der Waals surface area contributed by atoms with Gasteiger partial charge in [0, 0.05) is 19.2 Å². The van der Waals surface area contributed by atoms with Gasteiger partial charge >= 0.3 is 0 Å². The second kappa shape index (κ2) is 6.36. The Morgan fingerprint density at radius 3 is 2.65 bits per heavy atom. The Labute approximate surface area is 103 Å². The monoisotopic (exact) mass is 240 g/mol. The van der Waals surface area contributed by atoms with Gasteiger partial charge in [-0.3, -0.25) is 4.79 Å². The molecule has 1 amide bonds. The number of carbonyl (C=O) groups is 1. The number of rotatable bonds is 6. The normalized spacial score (nSPS) is 24.6. The van der Waals surface area contributed by atoms with Crippen molar-refractivity contribution < 1.29 is 9.53 Å². The van der Waals surface area contributed by atoms with Crippen LogP contribution in [0, 0.1) is 0 Å². The van der Waals surface area contributed by atoms with Gasteiger partial charge in [0.1, 0.15) is 0 Å². The molecule has 17 heavy (non-hydrogen) atoms. The lowest BCUT2D eigenvalue weighted by atomic mass is 9.91. The van der Waals surface area contributed by atoms with Gasteiger partial charge in [-0.2, -0.15) is 0 Å². The molecule has 2 N–H and O–H groups in total. The molecular formula is C13H24N2O2. The standard InChI is InChI=1S/C13H24N2O2/c14-7-3-8-15(11-4-1-5-11)13(16)10-12-6-2-9-17-12/h11-12H,1-10,14H2. The largest absolute Gasteiger partial charge is 0.378 e. The summed E-state index contributed by atoms with van der Waals surface area (Å²) in [5.74, 6) is 0.273. The minimum absolute atomic E-state index is 0.169. The van der Waals surface area contributed by atoms with Crippen molar-refractivity contribution in [3.05, 3.63) is 0 Å². The second-order valence-electron chi connectivity index (χ2n) is 5.15. The zero-order valence-electron chi connectivity index (χ0n) is 10.6. The van der Waals surface area contributed by atoms with E-state index in [1.54, 1.807) is 0 Å². The minimum atomic E-state index is 0.169. The molecule has 0 aromatic rings. The molecule has 2 rings (SSSR count). The SMILES string of the molecule is NCCCN(C(=O)CC1CCCO1)C1CCC1. The lowest BCUT2D eigenvalue weighted by Crippen LogP contribution is -2.46. The van der Waals surface area contributed by atoms with Crippen LogP contribution in [0.2, 0.25) is 0 Å². The highest BCUT2D eigenvalue weighted by molar-refractivity contribution is 5.77. The summed E-state index contributed by atoms with van der Waals surface area (Å²) in [6.07, 6.45) is 7.39. The van der Waals surface area contributed by atoms with Crippen molar-refractivity contribution in [2.24, 2.45) is 5.73 Å². The summed E-state index contributed by atoms with van der Waals surface area (Å²) < 4.78 is 5.54. The molecule has 98 valence electrons. The topological polar surface area (TPSA) is 55.6 Å². The first kappa shape index (κ1) is 12.8. The van der Waals surface area contributed by atoms with Gasteiger partial charge in [0.25, 0.3) is 0 Å². The zero-order chi connectivity index (χ0) is 12.1. The quantitative estimate of drug-likeness (QED) is 0.761. The number of ether oxygens (including phenoxy) is 1. The van der Waals surface area contributed by atoms with Crippen LogP contribution in [0.5, 0.6) is 0 Å². The lowest BCUT2D eigenvalue weighted by Gasteiger charge is -2.38. The van der Waals surface area contributed by atoms with Crippen molar-refractivity contribution in [1.82, 2.24) is 4.90 Å². The van der Waals surface area contributed by atoms with Gasteiger partial charge in [0.15, 0.2) is 0 Å². The highest BCUT2D eigenvalue weighted by atomic mass is 16.5. The van der Waals surface area contributed by atoms with Crippen LogP contribution in [0.15, 0.2) is 0 Å². The number of amides is 1. The van der Waals surface area contributed by atoms with Crippen molar-refractivity contribution >= 4 is 5.91 Å². The first-order valence-corrected chi connectivity index (χ1v) is 6.92. The van der Waals surface area contributed by atoms with E-state index in [4.69, 9.17) is 10.5 Å². The summed E-state index contributed by atoms with van der Waals surface area (Å²) in [5.41, 5.74) is 5.54. The molecule has 4 nitrogen and oxygen atoms in total. The van der Waals surface area contributed by atoms with E-state index in [9.17, 15) is 4.79 Å². The Morgan fingerprint density at radius 2 is 2.12 bits per heavy atom. The first-order valence-electron chi connectivity index (χ1n) is 6.92. The maximum atomic E-state index is 12.2. The minimum Gasteiger partial charge on any atom is -0.378 e. The molecule has 0 bridgehead atoms. The predicted molar refractivity (Wildman–Crippen MR) is 66.6 cm³/mol. The van der Waals surface area contributed by atoms with Crippen molar-refractivity contribution in [2.45, 2.75) is 57.1 Å². The number of carbonyl (C=O) groups excluding carboxylic acids is 1. The Bertz CT molecular complexity index is 248.